The summed E-state index contributed by atoms with van der Waals surface area (Å²) in [6.45, 7) is 4.09. The lowest BCUT2D eigenvalue weighted by Crippen LogP contribution is -2.46. The van der Waals surface area contributed by atoms with E-state index >= 15 is 0 Å². The number of rotatable bonds is 7. The number of fused-ring (bicyclic) bond motifs is 1. The van der Waals surface area contributed by atoms with E-state index in [0.29, 0.717) is 28.2 Å². The molecule has 1 fully saturated rings. The Morgan fingerprint density at radius 2 is 1.78 bits per heavy atom. The number of likely N-dealkylation sites (tertiary alicyclic amines) is 1. The lowest BCUT2D eigenvalue weighted by Gasteiger charge is -2.44. The summed E-state index contributed by atoms with van der Waals surface area (Å²) in [5.41, 5.74) is 12.5. The normalized spacial score (nSPS) is 18.2. The van der Waals surface area contributed by atoms with Gasteiger partial charge in [-0.15, -0.1) is 11.3 Å². The first-order valence-electron chi connectivity index (χ1n) is 14.0. The number of hydrogen-bond donors (Lipinski definition) is 2. The monoisotopic (exact) mass is 605 g/mol. The van der Waals surface area contributed by atoms with Crippen LogP contribution < -0.4 is 11.1 Å². The minimum absolute atomic E-state index is 0.0608. The first-order valence-corrected chi connectivity index (χ1v) is 15.6. The van der Waals surface area contributed by atoms with E-state index in [0.717, 1.165) is 56.7 Å². The van der Waals surface area contributed by atoms with Crippen molar-refractivity contribution in [2.75, 3.05) is 37.2 Å². The Kier molecular flexibility index (Phi) is 8.60. The molecule has 0 bridgehead atoms. The van der Waals surface area contributed by atoms with Crippen molar-refractivity contribution in [3.8, 4) is 11.1 Å². The Balaban J connectivity index is 1.23. The van der Waals surface area contributed by atoms with Crippen molar-refractivity contribution in [2.24, 2.45) is 5.92 Å². The first kappa shape index (κ1) is 28.2. The fourth-order valence-corrected chi connectivity index (χ4v) is 7.48. The number of benzene rings is 3. The van der Waals surface area contributed by atoms with Crippen LogP contribution in [0.3, 0.4) is 0 Å². The number of carbonyl (C=O) groups is 1. The summed E-state index contributed by atoms with van der Waals surface area (Å²) in [5, 5.41) is 7.21. The number of halogens is 2. The number of nitrogen functional groups attached to an aromatic ring is 1. The summed E-state index contributed by atoms with van der Waals surface area (Å²) in [4.78, 5) is 22.6. The molecule has 0 aliphatic carbocycles. The third kappa shape index (κ3) is 6.76. The Bertz CT molecular complexity index is 1500. The Labute approximate surface area is 255 Å². The van der Waals surface area contributed by atoms with Gasteiger partial charge in [0, 0.05) is 45.6 Å². The summed E-state index contributed by atoms with van der Waals surface area (Å²) in [5.74, 6) is 0.391. The molecule has 2 aliphatic rings. The van der Waals surface area contributed by atoms with Gasteiger partial charge in [0.05, 0.1) is 13.1 Å². The van der Waals surface area contributed by atoms with E-state index in [1.54, 1.807) is 29.5 Å². The summed E-state index contributed by atoms with van der Waals surface area (Å²) >= 11 is 14.1. The van der Waals surface area contributed by atoms with Crippen LogP contribution in [0.4, 0.5) is 11.4 Å². The third-order valence-corrected chi connectivity index (χ3v) is 9.36. The highest BCUT2D eigenvalue weighted by Crippen LogP contribution is 2.41. The number of aromatic nitrogens is 1. The van der Waals surface area contributed by atoms with E-state index in [4.69, 9.17) is 28.9 Å². The van der Waals surface area contributed by atoms with E-state index in [-0.39, 0.29) is 11.9 Å². The number of carbonyl (C=O) groups excluding carboxylic acids is 1. The minimum atomic E-state index is -0.0608. The molecule has 1 aromatic heterocycles. The van der Waals surface area contributed by atoms with Crippen molar-refractivity contribution >= 4 is 51.8 Å². The smallest absolute Gasteiger partial charge is 0.238 e. The van der Waals surface area contributed by atoms with Gasteiger partial charge in [0.2, 0.25) is 5.91 Å². The van der Waals surface area contributed by atoms with Gasteiger partial charge in [-0.05, 0) is 90.9 Å². The van der Waals surface area contributed by atoms with Crippen molar-refractivity contribution in [3.05, 3.63) is 98.4 Å². The lowest BCUT2D eigenvalue weighted by molar-refractivity contribution is -0.118. The summed E-state index contributed by atoms with van der Waals surface area (Å²) in [6, 6.07) is 20.1. The van der Waals surface area contributed by atoms with Gasteiger partial charge in [-0.1, -0.05) is 53.5 Å². The van der Waals surface area contributed by atoms with Gasteiger partial charge in [0.15, 0.2) is 0 Å². The number of amides is 1. The van der Waals surface area contributed by atoms with Crippen LogP contribution in [0, 0.1) is 5.92 Å². The highest BCUT2D eigenvalue weighted by molar-refractivity contribution is 7.09. The van der Waals surface area contributed by atoms with Crippen molar-refractivity contribution in [1.82, 2.24) is 14.8 Å². The van der Waals surface area contributed by atoms with Crippen molar-refractivity contribution < 1.29 is 4.79 Å². The molecular weight excluding hydrogens is 573 g/mol. The highest BCUT2D eigenvalue weighted by atomic mass is 35.5. The number of hydrogen-bond acceptors (Lipinski definition) is 6. The van der Waals surface area contributed by atoms with Gasteiger partial charge in [-0.2, -0.15) is 0 Å². The Hall–Kier alpha value is -2.94. The van der Waals surface area contributed by atoms with E-state index in [2.05, 4.69) is 44.4 Å². The fourth-order valence-electron chi connectivity index (χ4n) is 6.30. The van der Waals surface area contributed by atoms with Crippen LogP contribution in [0.1, 0.15) is 35.0 Å². The number of anilines is 2. The van der Waals surface area contributed by atoms with Crippen molar-refractivity contribution in [1.29, 1.82) is 0 Å². The second-order valence-electron chi connectivity index (χ2n) is 11.0. The maximum atomic E-state index is 13.3. The molecule has 212 valence electrons. The average molecular weight is 607 g/mol. The number of piperidine rings is 1. The molecule has 2 aliphatic heterocycles. The topological polar surface area (TPSA) is 74.5 Å². The average Bonchev–Trinajstić information content (AvgIpc) is 3.46. The Morgan fingerprint density at radius 3 is 2.51 bits per heavy atom. The summed E-state index contributed by atoms with van der Waals surface area (Å²) in [7, 11) is 0. The van der Waals surface area contributed by atoms with E-state index in [1.165, 1.54) is 21.7 Å². The van der Waals surface area contributed by atoms with Crippen LogP contribution in [0.2, 0.25) is 10.0 Å². The molecule has 0 spiro atoms. The van der Waals surface area contributed by atoms with Crippen LogP contribution >= 0.6 is 34.5 Å². The zero-order valence-electron chi connectivity index (χ0n) is 22.7. The molecule has 1 amide bonds. The second-order valence-corrected chi connectivity index (χ2v) is 12.8. The summed E-state index contributed by atoms with van der Waals surface area (Å²) in [6.07, 6.45) is 4.92. The van der Waals surface area contributed by atoms with E-state index < -0.39 is 0 Å². The van der Waals surface area contributed by atoms with Crippen molar-refractivity contribution in [3.63, 3.8) is 0 Å². The SMILES string of the molecule is Nc1cccc(-c2ccc3c(c2)CCN(CC(=O)Nc2cc(Cl)cc(Cl)c2)C3C2CCN(Cc3nccs3)CC2)c1. The van der Waals surface area contributed by atoms with Crippen LogP contribution in [0.5, 0.6) is 0 Å². The van der Waals surface area contributed by atoms with Crippen LogP contribution in [-0.4, -0.2) is 46.9 Å². The molecule has 3 aromatic carbocycles. The highest BCUT2D eigenvalue weighted by Gasteiger charge is 2.36. The second kappa shape index (κ2) is 12.5. The number of nitrogens with one attached hydrogen (secondary N) is 1. The summed E-state index contributed by atoms with van der Waals surface area (Å²) < 4.78 is 0. The van der Waals surface area contributed by atoms with Gasteiger partial charge < -0.3 is 11.1 Å². The molecule has 41 heavy (non-hydrogen) atoms. The maximum Gasteiger partial charge on any atom is 0.238 e. The zero-order chi connectivity index (χ0) is 28.3. The van der Waals surface area contributed by atoms with Gasteiger partial charge in [-0.3, -0.25) is 14.6 Å². The molecule has 0 saturated carbocycles. The van der Waals surface area contributed by atoms with Crippen LogP contribution in [-0.2, 0) is 17.8 Å². The van der Waals surface area contributed by atoms with Gasteiger partial charge in [-0.25, -0.2) is 4.98 Å². The van der Waals surface area contributed by atoms with E-state index in [9.17, 15) is 4.79 Å². The largest absolute Gasteiger partial charge is 0.399 e. The molecule has 1 saturated heterocycles. The molecule has 4 aromatic rings. The molecule has 6 rings (SSSR count). The molecule has 9 heteroatoms. The van der Waals surface area contributed by atoms with Crippen LogP contribution in [0.25, 0.3) is 11.1 Å². The Morgan fingerprint density at radius 1 is 1.00 bits per heavy atom. The van der Waals surface area contributed by atoms with Crippen LogP contribution in [0.15, 0.2) is 72.2 Å². The molecule has 3 heterocycles. The third-order valence-electron chi connectivity index (χ3n) is 8.16. The fraction of sp³-hybridized carbons (Fsp3) is 0.312. The van der Waals surface area contributed by atoms with Gasteiger partial charge in [0.1, 0.15) is 5.01 Å². The first-order chi connectivity index (χ1) is 19.9. The number of nitrogens with zero attached hydrogens (tertiary/aromatic N) is 3. The predicted octanol–water partition coefficient (Wildman–Crippen LogP) is 7.15. The predicted molar refractivity (Wildman–Crippen MR) is 170 cm³/mol. The number of thiazole rings is 1. The van der Waals surface area contributed by atoms with Gasteiger partial charge >= 0.3 is 0 Å². The number of nitrogens with two attached hydrogens (primary N) is 1. The quantitative estimate of drug-likeness (QED) is 0.219. The lowest BCUT2D eigenvalue weighted by atomic mass is 9.79. The molecular formula is C32H33Cl2N5OS. The minimum Gasteiger partial charge on any atom is -0.399 e. The molecule has 1 unspecified atom stereocenters. The molecule has 6 nitrogen and oxygen atoms in total. The molecule has 3 N–H and O–H groups in total. The van der Waals surface area contributed by atoms with E-state index in [1.807, 2.05) is 29.8 Å². The molecule has 1 atom stereocenters. The molecule has 0 radical (unpaired) electrons. The maximum absolute atomic E-state index is 13.3. The van der Waals surface area contributed by atoms with Gasteiger partial charge in [0.25, 0.3) is 0 Å². The zero-order valence-corrected chi connectivity index (χ0v) is 25.1. The standard InChI is InChI=1S/C32H33Cl2N5OS/c33-25-16-26(34)18-28(17-25)37-30(40)19-39-12-8-24-14-23(22-2-1-3-27(35)15-22)4-5-29(24)32(39)21-6-10-38(11-7-21)20-31-36-9-13-41-31/h1-5,9,13-18,21,32H,6-8,10-12,19-20,35H2,(H,37,40). The van der Waals surface area contributed by atoms with Crippen molar-refractivity contribution in [2.45, 2.75) is 31.8 Å².